The molecule has 2 heteroatoms. The molecule has 15 heavy (non-hydrogen) atoms. The second-order valence-corrected chi connectivity index (χ2v) is 4.77. The lowest BCUT2D eigenvalue weighted by Gasteiger charge is -2.35. The average Bonchev–Trinajstić information content (AvgIpc) is 2.67. The molecule has 1 saturated heterocycles. The maximum atomic E-state index is 10.1. The fraction of sp³-hybridized carbons (Fsp3) is 1.00. The van der Waals surface area contributed by atoms with Gasteiger partial charge in [-0.25, -0.2) is 0 Å². The zero-order valence-corrected chi connectivity index (χ0v) is 10.6. The maximum absolute atomic E-state index is 10.1. The Balaban J connectivity index is 2.56. The molecule has 0 aromatic rings. The molecule has 1 aliphatic heterocycles. The van der Waals surface area contributed by atoms with Gasteiger partial charge >= 0.3 is 0 Å². The van der Waals surface area contributed by atoms with Gasteiger partial charge in [-0.2, -0.15) is 0 Å². The van der Waals surface area contributed by atoms with Gasteiger partial charge in [0.1, 0.15) is 0 Å². The van der Waals surface area contributed by atoms with E-state index in [1.165, 1.54) is 25.8 Å². The van der Waals surface area contributed by atoms with Crippen molar-refractivity contribution in [2.45, 2.75) is 77.5 Å². The van der Waals surface area contributed by atoms with Gasteiger partial charge in [-0.1, -0.05) is 27.2 Å². The predicted molar refractivity (Wildman–Crippen MR) is 65.0 cm³/mol. The van der Waals surface area contributed by atoms with Gasteiger partial charge in [0.2, 0.25) is 0 Å². The molecule has 1 heterocycles. The molecule has 0 aromatic heterocycles. The molecule has 3 unspecified atom stereocenters. The molecular formula is C13H27NO. The lowest BCUT2D eigenvalue weighted by molar-refractivity contribution is 0.0329. The van der Waals surface area contributed by atoms with Crippen LogP contribution >= 0.6 is 0 Å². The summed E-state index contributed by atoms with van der Waals surface area (Å²) in [6.45, 7) is 7.81. The second-order valence-electron chi connectivity index (χ2n) is 4.77. The molecule has 0 amide bonds. The molecule has 1 rings (SSSR count). The molecule has 0 saturated carbocycles. The first-order chi connectivity index (χ1) is 7.24. The van der Waals surface area contributed by atoms with E-state index < -0.39 is 0 Å². The topological polar surface area (TPSA) is 23.5 Å². The van der Waals surface area contributed by atoms with Crippen molar-refractivity contribution in [2.75, 3.05) is 6.54 Å². The van der Waals surface area contributed by atoms with E-state index in [-0.39, 0.29) is 6.10 Å². The molecular weight excluding hydrogens is 186 g/mol. The molecule has 0 radical (unpaired) electrons. The summed E-state index contributed by atoms with van der Waals surface area (Å²) in [6.07, 6.45) is 6.87. The zero-order chi connectivity index (χ0) is 11.3. The number of hydrogen-bond acceptors (Lipinski definition) is 2. The Morgan fingerprint density at radius 2 is 2.07 bits per heavy atom. The molecule has 90 valence electrons. The summed E-state index contributed by atoms with van der Waals surface area (Å²) in [6, 6.07) is 1.12. The Morgan fingerprint density at radius 3 is 2.60 bits per heavy atom. The molecule has 0 spiro atoms. The Bertz CT molecular complexity index is 172. The van der Waals surface area contributed by atoms with Crippen LogP contribution in [0.4, 0.5) is 0 Å². The summed E-state index contributed by atoms with van der Waals surface area (Å²) in [5.41, 5.74) is 0. The summed E-state index contributed by atoms with van der Waals surface area (Å²) in [5, 5.41) is 10.1. The van der Waals surface area contributed by atoms with Gasteiger partial charge in [-0.3, -0.25) is 4.90 Å². The normalized spacial score (nSPS) is 26.8. The second kappa shape index (κ2) is 6.49. The molecule has 0 aliphatic carbocycles. The van der Waals surface area contributed by atoms with Gasteiger partial charge in [-0.05, 0) is 38.6 Å². The van der Waals surface area contributed by atoms with Crippen molar-refractivity contribution in [3.05, 3.63) is 0 Å². The third-order valence-corrected chi connectivity index (χ3v) is 3.77. The highest BCUT2D eigenvalue weighted by molar-refractivity contribution is 4.87. The highest BCUT2D eigenvalue weighted by atomic mass is 16.3. The van der Waals surface area contributed by atoms with Gasteiger partial charge in [0, 0.05) is 12.1 Å². The monoisotopic (exact) mass is 213 g/mol. The molecule has 0 aromatic carbocycles. The molecule has 1 N–H and O–H groups in total. The van der Waals surface area contributed by atoms with Crippen LogP contribution in [0.1, 0.15) is 59.3 Å². The van der Waals surface area contributed by atoms with Gasteiger partial charge < -0.3 is 5.11 Å². The van der Waals surface area contributed by atoms with Crippen molar-refractivity contribution in [1.82, 2.24) is 4.90 Å². The fourth-order valence-corrected chi connectivity index (χ4v) is 2.95. The van der Waals surface area contributed by atoms with E-state index in [0.29, 0.717) is 6.04 Å². The highest BCUT2D eigenvalue weighted by Gasteiger charge is 2.31. The predicted octanol–water partition coefficient (Wildman–Crippen LogP) is 2.80. The number of aliphatic hydroxyl groups is 1. The van der Waals surface area contributed by atoms with E-state index >= 15 is 0 Å². The standard InChI is InChI=1S/C13H27NO/c1-4-8-13(15)12(6-3)14-10-7-9-11(14)5-2/h11-13,15H,4-10H2,1-3H3. The summed E-state index contributed by atoms with van der Waals surface area (Å²) < 4.78 is 0. The Kier molecular flexibility index (Phi) is 5.62. The number of hydrogen-bond donors (Lipinski definition) is 1. The Labute approximate surface area is 94.7 Å². The molecule has 1 aliphatic rings. The molecule has 2 nitrogen and oxygen atoms in total. The van der Waals surface area contributed by atoms with E-state index in [1.807, 2.05) is 0 Å². The summed E-state index contributed by atoms with van der Waals surface area (Å²) in [4.78, 5) is 2.56. The van der Waals surface area contributed by atoms with Crippen LogP contribution in [0.5, 0.6) is 0 Å². The van der Waals surface area contributed by atoms with E-state index in [9.17, 15) is 5.11 Å². The lowest BCUT2D eigenvalue weighted by Crippen LogP contribution is -2.45. The van der Waals surface area contributed by atoms with Crippen molar-refractivity contribution in [3.63, 3.8) is 0 Å². The fourth-order valence-electron chi connectivity index (χ4n) is 2.95. The number of rotatable bonds is 6. The summed E-state index contributed by atoms with van der Waals surface area (Å²) in [7, 11) is 0. The van der Waals surface area contributed by atoms with Crippen molar-refractivity contribution in [2.24, 2.45) is 0 Å². The number of aliphatic hydroxyl groups excluding tert-OH is 1. The van der Waals surface area contributed by atoms with Crippen LogP contribution in [-0.2, 0) is 0 Å². The minimum absolute atomic E-state index is 0.118. The number of nitrogens with zero attached hydrogens (tertiary/aromatic N) is 1. The zero-order valence-electron chi connectivity index (χ0n) is 10.6. The smallest absolute Gasteiger partial charge is 0.0695 e. The van der Waals surface area contributed by atoms with Crippen LogP contribution in [0.15, 0.2) is 0 Å². The number of likely N-dealkylation sites (tertiary alicyclic amines) is 1. The van der Waals surface area contributed by atoms with Gasteiger partial charge in [-0.15, -0.1) is 0 Å². The average molecular weight is 213 g/mol. The lowest BCUT2D eigenvalue weighted by atomic mass is 10.0. The third-order valence-electron chi connectivity index (χ3n) is 3.77. The molecule has 3 atom stereocenters. The van der Waals surface area contributed by atoms with Crippen molar-refractivity contribution < 1.29 is 5.11 Å². The highest BCUT2D eigenvalue weighted by Crippen LogP contribution is 2.26. The Hall–Kier alpha value is -0.0800. The summed E-state index contributed by atoms with van der Waals surface area (Å²) in [5.74, 6) is 0. The van der Waals surface area contributed by atoms with Crippen LogP contribution < -0.4 is 0 Å². The molecule has 0 bridgehead atoms. The van der Waals surface area contributed by atoms with Crippen LogP contribution in [0.3, 0.4) is 0 Å². The van der Waals surface area contributed by atoms with E-state index in [2.05, 4.69) is 25.7 Å². The molecule has 1 fully saturated rings. The SMILES string of the molecule is CCCC(O)C(CC)N1CCCC1CC. The van der Waals surface area contributed by atoms with Crippen LogP contribution in [0.25, 0.3) is 0 Å². The minimum atomic E-state index is -0.118. The largest absolute Gasteiger partial charge is 0.391 e. The quantitative estimate of drug-likeness (QED) is 0.733. The van der Waals surface area contributed by atoms with Gasteiger partial charge in [0.15, 0.2) is 0 Å². The van der Waals surface area contributed by atoms with E-state index in [4.69, 9.17) is 0 Å². The van der Waals surface area contributed by atoms with Crippen LogP contribution in [0.2, 0.25) is 0 Å². The van der Waals surface area contributed by atoms with E-state index in [0.717, 1.165) is 25.3 Å². The van der Waals surface area contributed by atoms with E-state index in [1.54, 1.807) is 0 Å². The Morgan fingerprint density at radius 1 is 1.33 bits per heavy atom. The van der Waals surface area contributed by atoms with Gasteiger partial charge in [0.05, 0.1) is 6.10 Å². The minimum Gasteiger partial charge on any atom is -0.391 e. The third kappa shape index (κ3) is 3.18. The summed E-state index contributed by atoms with van der Waals surface area (Å²) >= 11 is 0. The van der Waals surface area contributed by atoms with Crippen LogP contribution in [-0.4, -0.2) is 34.7 Å². The van der Waals surface area contributed by atoms with Crippen molar-refractivity contribution in [1.29, 1.82) is 0 Å². The van der Waals surface area contributed by atoms with Crippen LogP contribution in [0, 0.1) is 0 Å². The first kappa shape index (κ1) is 13.0. The maximum Gasteiger partial charge on any atom is 0.0695 e. The van der Waals surface area contributed by atoms with Crippen molar-refractivity contribution in [3.8, 4) is 0 Å². The van der Waals surface area contributed by atoms with Crippen molar-refractivity contribution >= 4 is 0 Å². The first-order valence-electron chi connectivity index (χ1n) is 6.68. The first-order valence-corrected chi connectivity index (χ1v) is 6.68. The van der Waals surface area contributed by atoms with Gasteiger partial charge in [0.25, 0.3) is 0 Å².